The molecule has 1 aliphatic heterocycles. The topological polar surface area (TPSA) is 66.1 Å². The van der Waals surface area contributed by atoms with Gasteiger partial charge in [-0.3, -0.25) is 0 Å². The first-order valence-corrected chi connectivity index (χ1v) is 9.82. The molecule has 3 atom stereocenters. The first kappa shape index (κ1) is 15.9. The average Bonchev–Trinajstić information content (AvgIpc) is 3.17. The van der Waals surface area contributed by atoms with E-state index in [1.165, 1.54) is 0 Å². The van der Waals surface area contributed by atoms with Crippen LogP contribution >= 0.6 is 11.6 Å². The Labute approximate surface area is 146 Å². The number of hydrogen-bond acceptors (Lipinski definition) is 3. The number of aromatic amines is 1. The number of sulfonamides is 1. The summed E-state index contributed by atoms with van der Waals surface area (Å²) in [7, 11) is -3.30. The van der Waals surface area contributed by atoms with E-state index in [1.807, 2.05) is 30.5 Å². The van der Waals surface area contributed by atoms with E-state index in [2.05, 4.69) is 9.97 Å². The van der Waals surface area contributed by atoms with Crippen molar-refractivity contribution in [3.8, 4) is 0 Å². The van der Waals surface area contributed by atoms with Crippen LogP contribution in [-0.4, -0.2) is 34.5 Å². The molecule has 1 saturated heterocycles. The zero-order chi connectivity index (χ0) is 16.7. The van der Waals surface area contributed by atoms with Gasteiger partial charge in [0.25, 0.3) is 0 Å². The molecule has 0 spiro atoms. The quantitative estimate of drug-likeness (QED) is 0.852. The van der Waals surface area contributed by atoms with Crippen LogP contribution in [-0.2, 0) is 16.6 Å². The fraction of sp³-hybridized carbons (Fsp3) is 0.353. The number of allylic oxidation sites excluding steroid dienone is 1. The lowest BCUT2D eigenvalue weighted by atomic mass is 9.85. The van der Waals surface area contributed by atoms with Crippen LogP contribution in [0.5, 0.6) is 0 Å². The van der Waals surface area contributed by atoms with E-state index in [0.717, 1.165) is 17.7 Å². The second kappa shape index (κ2) is 6.02. The zero-order valence-electron chi connectivity index (χ0n) is 13.0. The maximum atomic E-state index is 12.8. The maximum Gasteiger partial charge on any atom is 0.221 e. The van der Waals surface area contributed by atoms with Gasteiger partial charge in [-0.2, -0.15) is 4.31 Å². The van der Waals surface area contributed by atoms with Crippen molar-refractivity contribution in [1.82, 2.24) is 14.3 Å². The summed E-state index contributed by atoms with van der Waals surface area (Å²) in [6.45, 7) is 0.958. The molecule has 24 heavy (non-hydrogen) atoms. The minimum Gasteiger partial charge on any atom is -0.348 e. The van der Waals surface area contributed by atoms with E-state index in [9.17, 15) is 8.42 Å². The largest absolute Gasteiger partial charge is 0.348 e. The predicted octanol–water partition coefficient (Wildman–Crippen LogP) is 2.94. The van der Waals surface area contributed by atoms with Gasteiger partial charge in [0.15, 0.2) is 0 Å². The SMILES string of the molecule is O=S1(=O)C2C=CC(c3cnc[nH]3)CC2CN1Cc1ccc(Cl)cc1. The van der Waals surface area contributed by atoms with Gasteiger partial charge in [0.1, 0.15) is 0 Å². The van der Waals surface area contributed by atoms with E-state index < -0.39 is 15.3 Å². The monoisotopic (exact) mass is 363 g/mol. The number of nitrogens with zero attached hydrogens (tertiary/aromatic N) is 2. The number of hydrogen-bond donors (Lipinski definition) is 1. The van der Waals surface area contributed by atoms with Crippen LogP contribution in [0.1, 0.15) is 23.6 Å². The molecule has 1 N–H and O–H groups in total. The summed E-state index contributed by atoms with van der Waals surface area (Å²) in [4.78, 5) is 7.19. The van der Waals surface area contributed by atoms with Crippen LogP contribution in [0.4, 0.5) is 0 Å². The lowest BCUT2D eigenvalue weighted by Crippen LogP contribution is -2.29. The molecular formula is C17H18ClN3O2S. The van der Waals surface area contributed by atoms with Crippen molar-refractivity contribution in [1.29, 1.82) is 0 Å². The van der Waals surface area contributed by atoms with Crippen LogP contribution in [0.3, 0.4) is 0 Å². The number of fused-ring (bicyclic) bond motifs is 1. The minimum absolute atomic E-state index is 0.112. The standard InChI is InChI=1S/C17H18ClN3O2S/c18-15-4-1-12(2-5-15)9-21-10-14-7-13(16-8-19-11-20-16)3-6-17(14)24(21,22)23/h1-6,8,11,13-14,17H,7,9-10H2,(H,19,20). The van der Waals surface area contributed by atoms with E-state index in [4.69, 9.17) is 11.6 Å². The highest BCUT2D eigenvalue weighted by molar-refractivity contribution is 7.90. The summed E-state index contributed by atoms with van der Waals surface area (Å²) in [6, 6.07) is 7.34. The summed E-state index contributed by atoms with van der Waals surface area (Å²) in [5.41, 5.74) is 1.99. The van der Waals surface area contributed by atoms with Crippen molar-refractivity contribution in [2.45, 2.75) is 24.1 Å². The molecule has 3 unspecified atom stereocenters. The van der Waals surface area contributed by atoms with Gasteiger partial charge in [0, 0.05) is 35.9 Å². The van der Waals surface area contributed by atoms with E-state index in [-0.39, 0.29) is 11.8 Å². The molecule has 1 aromatic heterocycles. The molecule has 0 amide bonds. The third-order valence-corrected chi connectivity index (χ3v) is 7.37. The Balaban J connectivity index is 1.54. The first-order chi connectivity index (χ1) is 11.5. The lowest BCUT2D eigenvalue weighted by Gasteiger charge is -2.23. The van der Waals surface area contributed by atoms with Crippen LogP contribution in [0.15, 0.2) is 48.9 Å². The van der Waals surface area contributed by atoms with Crippen LogP contribution < -0.4 is 0 Å². The van der Waals surface area contributed by atoms with Crippen molar-refractivity contribution in [3.05, 3.63) is 65.2 Å². The van der Waals surface area contributed by atoms with Crippen molar-refractivity contribution < 1.29 is 8.42 Å². The van der Waals surface area contributed by atoms with Gasteiger partial charge in [0.05, 0.1) is 11.6 Å². The highest BCUT2D eigenvalue weighted by atomic mass is 35.5. The van der Waals surface area contributed by atoms with E-state index in [0.29, 0.717) is 18.1 Å². The average molecular weight is 364 g/mol. The van der Waals surface area contributed by atoms with Crippen molar-refractivity contribution in [2.24, 2.45) is 5.92 Å². The fourth-order valence-corrected chi connectivity index (χ4v) is 5.82. The summed E-state index contributed by atoms with van der Waals surface area (Å²) < 4.78 is 27.2. The maximum absolute atomic E-state index is 12.8. The van der Waals surface area contributed by atoms with Gasteiger partial charge in [-0.15, -0.1) is 0 Å². The van der Waals surface area contributed by atoms with Gasteiger partial charge in [-0.25, -0.2) is 13.4 Å². The van der Waals surface area contributed by atoms with Gasteiger partial charge in [-0.05, 0) is 30.0 Å². The summed E-state index contributed by atoms with van der Waals surface area (Å²) in [6.07, 6.45) is 8.15. The minimum atomic E-state index is -3.30. The molecule has 2 aromatic rings. The third kappa shape index (κ3) is 2.79. The number of aromatic nitrogens is 2. The zero-order valence-corrected chi connectivity index (χ0v) is 14.5. The van der Waals surface area contributed by atoms with Gasteiger partial charge >= 0.3 is 0 Å². The Morgan fingerprint density at radius 2 is 2.04 bits per heavy atom. The molecular weight excluding hydrogens is 346 g/mol. The third-order valence-electron chi connectivity index (χ3n) is 4.89. The molecule has 1 aromatic carbocycles. The van der Waals surface area contributed by atoms with Crippen LogP contribution in [0, 0.1) is 5.92 Å². The highest BCUT2D eigenvalue weighted by Crippen LogP contribution is 2.40. The van der Waals surface area contributed by atoms with Crippen LogP contribution in [0.25, 0.3) is 0 Å². The predicted molar refractivity (Wildman–Crippen MR) is 93.1 cm³/mol. The Morgan fingerprint density at radius 1 is 1.25 bits per heavy atom. The van der Waals surface area contributed by atoms with E-state index in [1.54, 1.807) is 22.8 Å². The second-order valence-corrected chi connectivity index (χ2v) is 8.95. The number of imidazole rings is 1. The molecule has 1 aliphatic carbocycles. The highest BCUT2D eigenvalue weighted by Gasteiger charge is 2.46. The number of nitrogens with one attached hydrogen (secondary N) is 1. The lowest BCUT2D eigenvalue weighted by molar-refractivity contribution is 0.368. The van der Waals surface area contributed by atoms with Crippen LogP contribution in [0.2, 0.25) is 5.02 Å². The molecule has 0 radical (unpaired) electrons. The van der Waals surface area contributed by atoms with Crippen molar-refractivity contribution >= 4 is 21.6 Å². The van der Waals surface area contributed by atoms with E-state index >= 15 is 0 Å². The number of H-pyrrole nitrogens is 1. The number of benzene rings is 1. The number of halogens is 1. The Kier molecular flexibility index (Phi) is 3.98. The normalized spacial score (nSPS) is 28.8. The van der Waals surface area contributed by atoms with Crippen molar-refractivity contribution in [2.75, 3.05) is 6.54 Å². The van der Waals surface area contributed by atoms with Gasteiger partial charge in [-0.1, -0.05) is 35.9 Å². The molecule has 5 nitrogen and oxygen atoms in total. The smallest absolute Gasteiger partial charge is 0.221 e. The first-order valence-electron chi connectivity index (χ1n) is 7.94. The Bertz CT molecular complexity index is 846. The molecule has 2 heterocycles. The molecule has 0 bridgehead atoms. The summed E-state index contributed by atoms with van der Waals surface area (Å²) >= 11 is 5.90. The van der Waals surface area contributed by atoms with Crippen molar-refractivity contribution in [3.63, 3.8) is 0 Å². The molecule has 0 saturated carbocycles. The Morgan fingerprint density at radius 3 is 2.75 bits per heavy atom. The molecule has 126 valence electrons. The second-order valence-electron chi connectivity index (χ2n) is 6.42. The summed E-state index contributed by atoms with van der Waals surface area (Å²) in [5, 5.41) is 0.242. The molecule has 4 rings (SSSR count). The summed E-state index contributed by atoms with van der Waals surface area (Å²) in [5.74, 6) is 0.319. The van der Waals surface area contributed by atoms with Gasteiger partial charge in [0.2, 0.25) is 10.0 Å². The number of rotatable bonds is 3. The molecule has 2 aliphatic rings. The van der Waals surface area contributed by atoms with Gasteiger partial charge < -0.3 is 4.98 Å². The Hall–Kier alpha value is -1.63. The molecule has 1 fully saturated rings. The molecule has 7 heteroatoms. The fourth-order valence-electron chi connectivity index (χ4n) is 3.65.